The summed E-state index contributed by atoms with van der Waals surface area (Å²) in [6, 6.07) is 7.48. The molecule has 1 amide bonds. The van der Waals surface area contributed by atoms with Gasteiger partial charge in [-0.15, -0.1) is 0 Å². The van der Waals surface area contributed by atoms with Crippen molar-refractivity contribution in [3.63, 3.8) is 0 Å². The first-order chi connectivity index (χ1) is 8.69. The summed E-state index contributed by atoms with van der Waals surface area (Å²) in [5.74, 6) is 1.18. The van der Waals surface area contributed by atoms with Crippen LogP contribution in [0.25, 0.3) is 0 Å². The third-order valence-electron chi connectivity index (χ3n) is 3.13. The molecule has 0 aliphatic carbocycles. The lowest BCUT2D eigenvalue weighted by atomic mass is 10.1. The molecule has 0 unspecified atom stereocenters. The number of hydrogen-bond donors (Lipinski definition) is 1. The molecule has 18 heavy (non-hydrogen) atoms. The standard InChI is InChI=1S/C13H17BrN2O2/c14-11-2-1-3-12(6-11)18-9-13(17)16-5-4-10(7-15)8-16/h1-3,6,10H,4-5,7-9,15H2/t10-/m1/s1. The van der Waals surface area contributed by atoms with Gasteiger partial charge in [0.2, 0.25) is 0 Å². The first-order valence-electron chi connectivity index (χ1n) is 6.05. The minimum atomic E-state index is 0.0333. The van der Waals surface area contributed by atoms with E-state index in [0.717, 1.165) is 24.0 Å². The van der Waals surface area contributed by atoms with Crippen molar-refractivity contribution < 1.29 is 9.53 Å². The van der Waals surface area contributed by atoms with E-state index in [-0.39, 0.29) is 12.5 Å². The Morgan fingerprint density at radius 1 is 1.56 bits per heavy atom. The van der Waals surface area contributed by atoms with E-state index in [2.05, 4.69) is 15.9 Å². The fourth-order valence-corrected chi connectivity index (χ4v) is 2.42. The number of nitrogens with two attached hydrogens (primary N) is 1. The minimum absolute atomic E-state index is 0.0333. The van der Waals surface area contributed by atoms with Gasteiger partial charge in [-0.25, -0.2) is 0 Å². The fourth-order valence-electron chi connectivity index (χ4n) is 2.04. The Kier molecular flexibility index (Phi) is 4.60. The summed E-state index contributed by atoms with van der Waals surface area (Å²) >= 11 is 3.36. The quantitative estimate of drug-likeness (QED) is 0.919. The van der Waals surface area contributed by atoms with Gasteiger partial charge in [-0.2, -0.15) is 0 Å². The van der Waals surface area contributed by atoms with Crippen LogP contribution in [0.1, 0.15) is 6.42 Å². The van der Waals surface area contributed by atoms with Crippen LogP contribution in [0.5, 0.6) is 5.75 Å². The number of ether oxygens (including phenoxy) is 1. The topological polar surface area (TPSA) is 55.6 Å². The number of carbonyl (C=O) groups excluding carboxylic acids is 1. The smallest absolute Gasteiger partial charge is 0.260 e. The van der Waals surface area contributed by atoms with Crippen molar-refractivity contribution in [1.82, 2.24) is 4.90 Å². The third-order valence-corrected chi connectivity index (χ3v) is 3.62. The second kappa shape index (κ2) is 6.20. The molecule has 4 nitrogen and oxygen atoms in total. The van der Waals surface area contributed by atoms with E-state index < -0.39 is 0 Å². The Bertz CT molecular complexity index is 425. The van der Waals surface area contributed by atoms with Gasteiger partial charge in [0.1, 0.15) is 5.75 Å². The number of amides is 1. The van der Waals surface area contributed by atoms with E-state index in [4.69, 9.17) is 10.5 Å². The normalized spacial score (nSPS) is 19.0. The van der Waals surface area contributed by atoms with Crippen LogP contribution in [-0.2, 0) is 4.79 Å². The van der Waals surface area contributed by atoms with Crippen molar-refractivity contribution in [2.45, 2.75) is 6.42 Å². The van der Waals surface area contributed by atoms with E-state index >= 15 is 0 Å². The molecule has 5 heteroatoms. The lowest BCUT2D eigenvalue weighted by Crippen LogP contribution is -2.33. The SMILES string of the molecule is NC[C@H]1CCN(C(=O)COc2cccc(Br)c2)C1. The zero-order chi connectivity index (χ0) is 13.0. The van der Waals surface area contributed by atoms with E-state index in [1.807, 2.05) is 29.2 Å². The molecule has 0 aromatic heterocycles. The van der Waals surface area contributed by atoms with Gasteiger partial charge in [0.05, 0.1) is 0 Å². The first-order valence-corrected chi connectivity index (χ1v) is 6.84. The number of carbonyl (C=O) groups is 1. The maximum Gasteiger partial charge on any atom is 0.260 e. The van der Waals surface area contributed by atoms with Crippen molar-refractivity contribution >= 4 is 21.8 Å². The van der Waals surface area contributed by atoms with Crippen LogP contribution in [0.15, 0.2) is 28.7 Å². The third kappa shape index (κ3) is 3.46. The molecular weight excluding hydrogens is 296 g/mol. The van der Waals surface area contributed by atoms with Crippen LogP contribution in [0.3, 0.4) is 0 Å². The molecule has 0 saturated carbocycles. The lowest BCUT2D eigenvalue weighted by Gasteiger charge is -2.16. The Balaban J connectivity index is 1.82. The number of rotatable bonds is 4. The number of hydrogen-bond acceptors (Lipinski definition) is 3. The largest absolute Gasteiger partial charge is 0.484 e. The molecule has 1 aromatic carbocycles. The molecule has 2 N–H and O–H groups in total. The Labute approximate surface area is 115 Å². The van der Waals surface area contributed by atoms with E-state index in [0.29, 0.717) is 18.2 Å². The second-order valence-corrected chi connectivity index (χ2v) is 5.39. The molecule has 1 fully saturated rings. The van der Waals surface area contributed by atoms with Gasteiger partial charge < -0.3 is 15.4 Å². The van der Waals surface area contributed by atoms with Crippen LogP contribution in [0.4, 0.5) is 0 Å². The van der Waals surface area contributed by atoms with Crippen molar-refractivity contribution in [1.29, 1.82) is 0 Å². The van der Waals surface area contributed by atoms with Gasteiger partial charge >= 0.3 is 0 Å². The van der Waals surface area contributed by atoms with Crippen molar-refractivity contribution in [3.05, 3.63) is 28.7 Å². The molecule has 0 spiro atoms. The van der Waals surface area contributed by atoms with Gasteiger partial charge in [0.25, 0.3) is 5.91 Å². The minimum Gasteiger partial charge on any atom is -0.484 e. The predicted molar refractivity (Wildman–Crippen MR) is 73.4 cm³/mol. The summed E-state index contributed by atoms with van der Waals surface area (Å²) in [6.07, 6.45) is 0.999. The molecule has 98 valence electrons. The van der Waals surface area contributed by atoms with E-state index in [1.54, 1.807) is 0 Å². The van der Waals surface area contributed by atoms with Crippen LogP contribution in [0.2, 0.25) is 0 Å². The second-order valence-electron chi connectivity index (χ2n) is 4.48. The molecule has 1 saturated heterocycles. The number of benzene rings is 1. The maximum absolute atomic E-state index is 11.9. The van der Waals surface area contributed by atoms with Crippen LogP contribution in [0, 0.1) is 5.92 Å². The zero-order valence-electron chi connectivity index (χ0n) is 10.1. The van der Waals surface area contributed by atoms with Crippen LogP contribution < -0.4 is 10.5 Å². The summed E-state index contributed by atoms with van der Waals surface area (Å²) < 4.78 is 6.42. The zero-order valence-corrected chi connectivity index (χ0v) is 11.7. The maximum atomic E-state index is 11.9. The highest BCUT2D eigenvalue weighted by Gasteiger charge is 2.25. The van der Waals surface area contributed by atoms with Gasteiger partial charge in [-0.3, -0.25) is 4.79 Å². The highest BCUT2D eigenvalue weighted by atomic mass is 79.9. The first kappa shape index (κ1) is 13.4. The van der Waals surface area contributed by atoms with Gasteiger partial charge in [-0.05, 0) is 37.1 Å². The van der Waals surface area contributed by atoms with Crippen molar-refractivity contribution in [2.24, 2.45) is 11.7 Å². The van der Waals surface area contributed by atoms with Gasteiger partial charge in [-0.1, -0.05) is 22.0 Å². The fraction of sp³-hybridized carbons (Fsp3) is 0.462. The Morgan fingerprint density at radius 2 is 2.39 bits per heavy atom. The molecule has 2 rings (SSSR count). The average Bonchev–Trinajstić information content (AvgIpc) is 2.85. The van der Waals surface area contributed by atoms with Crippen LogP contribution in [-0.4, -0.2) is 37.0 Å². The van der Waals surface area contributed by atoms with Crippen molar-refractivity contribution in [2.75, 3.05) is 26.2 Å². The highest BCUT2D eigenvalue weighted by Crippen LogP contribution is 2.18. The molecule has 1 aromatic rings. The Hall–Kier alpha value is -1.07. The number of likely N-dealkylation sites (tertiary alicyclic amines) is 1. The van der Waals surface area contributed by atoms with Gasteiger partial charge in [0.15, 0.2) is 6.61 Å². The molecule has 0 radical (unpaired) electrons. The summed E-state index contributed by atoms with van der Waals surface area (Å²) in [4.78, 5) is 13.7. The predicted octanol–water partition coefficient (Wildman–Crippen LogP) is 1.64. The lowest BCUT2D eigenvalue weighted by molar-refractivity contribution is -0.132. The summed E-state index contributed by atoms with van der Waals surface area (Å²) in [5, 5.41) is 0. The Morgan fingerprint density at radius 3 is 3.06 bits per heavy atom. The summed E-state index contributed by atoms with van der Waals surface area (Å²) in [5.41, 5.74) is 5.60. The highest BCUT2D eigenvalue weighted by molar-refractivity contribution is 9.10. The molecular formula is C13H17BrN2O2. The molecule has 1 heterocycles. The van der Waals surface area contributed by atoms with E-state index in [9.17, 15) is 4.79 Å². The van der Waals surface area contributed by atoms with Crippen molar-refractivity contribution in [3.8, 4) is 5.75 Å². The monoisotopic (exact) mass is 312 g/mol. The van der Waals surface area contributed by atoms with E-state index in [1.165, 1.54) is 0 Å². The number of nitrogens with zero attached hydrogens (tertiary/aromatic N) is 1. The summed E-state index contributed by atoms with van der Waals surface area (Å²) in [7, 11) is 0. The van der Waals surface area contributed by atoms with Crippen LogP contribution >= 0.6 is 15.9 Å². The summed E-state index contributed by atoms with van der Waals surface area (Å²) in [6.45, 7) is 2.30. The average molecular weight is 313 g/mol. The molecule has 1 atom stereocenters. The number of halogens is 1. The van der Waals surface area contributed by atoms with Gasteiger partial charge in [0, 0.05) is 17.6 Å². The molecule has 0 bridgehead atoms. The molecule has 1 aliphatic rings. The molecule has 1 aliphatic heterocycles.